The largest absolute Gasteiger partial charge is 0.465 e. The van der Waals surface area contributed by atoms with E-state index in [1.54, 1.807) is 78.3 Å². The number of nitrogens with zero attached hydrogens (tertiary/aromatic N) is 3. The lowest BCUT2D eigenvalue weighted by Crippen LogP contribution is -2.26. The molecule has 2 aromatic carbocycles. The van der Waals surface area contributed by atoms with Gasteiger partial charge in [0.2, 0.25) is 0 Å². The molecule has 4 rings (SSSR count). The van der Waals surface area contributed by atoms with Gasteiger partial charge in [0.15, 0.2) is 0 Å². The van der Waals surface area contributed by atoms with Crippen molar-refractivity contribution < 1.29 is 14.7 Å². The van der Waals surface area contributed by atoms with Gasteiger partial charge in [-0.25, -0.2) is 9.78 Å². The third kappa shape index (κ3) is 4.05. The second-order valence-electron chi connectivity index (χ2n) is 6.72. The molecule has 0 aliphatic rings. The van der Waals surface area contributed by atoms with Crippen molar-refractivity contribution in [2.75, 3.05) is 17.3 Å². The van der Waals surface area contributed by atoms with E-state index in [-0.39, 0.29) is 11.1 Å². The maximum absolute atomic E-state index is 13.1. The Bertz CT molecular complexity index is 1280. The van der Waals surface area contributed by atoms with Crippen LogP contribution in [0.5, 0.6) is 0 Å². The molecule has 0 bridgehead atoms. The average Bonchev–Trinajstić information content (AvgIpc) is 3.19. The van der Waals surface area contributed by atoms with Crippen LogP contribution in [0.2, 0.25) is 10.2 Å². The van der Waals surface area contributed by atoms with Crippen LogP contribution in [-0.2, 0) is 0 Å². The molecule has 2 amide bonds. The molecule has 0 spiro atoms. The molecule has 9 heteroatoms. The van der Waals surface area contributed by atoms with E-state index in [1.807, 2.05) is 0 Å². The van der Waals surface area contributed by atoms with E-state index in [9.17, 15) is 9.59 Å². The van der Waals surface area contributed by atoms with Crippen LogP contribution in [-0.4, -0.2) is 33.5 Å². The van der Waals surface area contributed by atoms with Crippen molar-refractivity contribution in [3.05, 3.63) is 82.6 Å². The summed E-state index contributed by atoms with van der Waals surface area (Å²) in [5, 5.41) is 11.9. The van der Waals surface area contributed by atoms with Gasteiger partial charge in [0.05, 0.1) is 17.5 Å². The molecule has 0 atom stereocenters. The summed E-state index contributed by atoms with van der Waals surface area (Å²) in [7, 11) is 1.66. The van der Waals surface area contributed by atoms with Gasteiger partial charge >= 0.3 is 6.09 Å². The number of amides is 2. The number of pyridine rings is 1. The van der Waals surface area contributed by atoms with Gasteiger partial charge in [-0.2, -0.15) is 0 Å². The van der Waals surface area contributed by atoms with Crippen molar-refractivity contribution in [2.24, 2.45) is 0 Å². The molecule has 0 fully saturated rings. The number of nitrogens with one attached hydrogen (secondary N) is 1. The van der Waals surface area contributed by atoms with Gasteiger partial charge in [0.25, 0.3) is 5.91 Å². The van der Waals surface area contributed by atoms with E-state index in [1.165, 1.54) is 4.90 Å². The summed E-state index contributed by atoms with van der Waals surface area (Å²) < 4.78 is 1.68. The molecule has 0 saturated heterocycles. The molecule has 2 aromatic heterocycles. The average molecular weight is 455 g/mol. The Morgan fingerprint density at radius 3 is 2.32 bits per heavy atom. The normalized spacial score (nSPS) is 10.8. The van der Waals surface area contributed by atoms with E-state index in [0.29, 0.717) is 33.3 Å². The fourth-order valence-corrected chi connectivity index (χ4v) is 3.66. The third-order valence-corrected chi connectivity index (χ3v) is 5.41. The zero-order valence-electron chi connectivity index (χ0n) is 16.2. The summed E-state index contributed by atoms with van der Waals surface area (Å²) in [6.45, 7) is 0. The predicted molar refractivity (Wildman–Crippen MR) is 121 cm³/mol. The monoisotopic (exact) mass is 454 g/mol. The molecule has 0 unspecified atom stereocenters. The summed E-state index contributed by atoms with van der Waals surface area (Å²) in [6.07, 6.45) is 0.511. The molecule has 4 aromatic rings. The fraction of sp³-hybridized carbons (Fsp3) is 0.0455. The van der Waals surface area contributed by atoms with Gasteiger partial charge in [-0.05, 0) is 48.5 Å². The smallest absolute Gasteiger partial charge is 0.409 e. The molecular formula is C22H16Cl2N4O3. The van der Waals surface area contributed by atoms with Gasteiger partial charge in [-0.3, -0.25) is 14.5 Å². The lowest BCUT2D eigenvalue weighted by Gasteiger charge is -2.19. The van der Waals surface area contributed by atoms with Crippen molar-refractivity contribution in [1.82, 2.24) is 9.38 Å². The summed E-state index contributed by atoms with van der Waals surface area (Å²) in [5.41, 5.74) is 3.45. The van der Waals surface area contributed by atoms with Gasteiger partial charge in [0.1, 0.15) is 10.8 Å². The second-order valence-corrected chi connectivity index (χ2v) is 7.52. The Balaban J connectivity index is 1.72. The van der Waals surface area contributed by atoms with Crippen LogP contribution < -0.4 is 10.2 Å². The Morgan fingerprint density at radius 2 is 1.68 bits per heavy atom. The minimum absolute atomic E-state index is 0.226. The zero-order chi connectivity index (χ0) is 22.1. The summed E-state index contributed by atoms with van der Waals surface area (Å²) in [6, 6.07) is 17.1. The number of fused-ring (bicyclic) bond motifs is 1. The number of imidazole rings is 1. The van der Waals surface area contributed by atoms with E-state index in [4.69, 9.17) is 28.3 Å². The van der Waals surface area contributed by atoms with Crippen LogP contribution in [0.3, 0.4) is 0 Å². The van der Waals surface area contributed by atoms with Crippen molar-refractivity contribution >= 4 is 52.2 Å². The number of benzene rings is 2. The third-order valence-electron chi connectivity index (χ3n) is 4.79. The molecule has 2 heterocycles. The maximum Gasteiger partial charge on any atom is 0.409 e. The molecular weight excluding hydrogens is 439 g/mol. The van der Waals surface area contributed by atoms with Crippen LogP contribution in [0.1, 0.15) is 10.4 Å². The number of halogens is 2. The number of aromatic nitrogens is 2. The fourth-order valence-electron chi connectivity index (χ4n) is 3.21. The molecule has 0 aliphatic heterocycles. The van der Waals surface area contributed by atoms with Gasteiger partial charge in [-0.1, -0.05) is 35.3 Å². The van der Waals surface area contributed by atoms with E-state index >= 15 is 0 Å². The van der Waals surface area contributed by atoms with Crippen LogP contribution in [0, 0.1) is 0 Å². The number of anilines is 2. The Morgan fingerprint density at radius 1 is 1.00 bits per heavy atom. The number of hydrogen-bond donors (Lipinski definition) is 2. The summed E-state index contributed by atoms with van der Waals surface area (Å²) >= 11 is 12.6. The Hall–Kier alpha value is -3.55. The maximum atomic E-state index is 13.1. The van der Waals surface area contributed by atoms with Gasteiger partial charge in [0, 0.05) is 29.0 Å². The summed E-state index contributed by atoms with van der Waals surface area (Å²) in [5.74, 6) is -0.283. The number of carboxylic acid groups (broad SMARTS) is 1. The van der Waals surface area contributed by atoms with E-state index in [0.717, 1.165) is 5.56 Å². The van der Waals surface area contributed by atoms with Crippen molar-refractivity contribution in [3.8, 4) is 11.3 Å². The minimum Gasteiger partial charge on any atom is -0.465 e. The molecule has 0 radical (unpaired) electrons. The molecule has 156 valence electrons. The molecule has 2 N–H and O–H groups in total. The number of hydrogen-bond acceptors (Lipinski definition) is 3. The first-order valence-electron chi connectivity index (χ1n) is 9.15. The Labute approximate surface area is 187 Å². The van der Waals surface area contributed by atoms with Gasteiger partial charge in [-0.15, -0.1) is 0 Å². The standard InChI is InChI=1S/C22H16Cl2N4O3/c1-27(16-8-4-14(23)5-9-16)21(29)17-10-11-19-25-12-18(28(19)20(17)24)13-2-6-15(7-3-13)26-22(30)31/h2-12,26H,1H3,(H,30,31). The molecule has 31 heavy (non-hydrogen) atoms. The van der Waals surface area contributed by atoms with Crippen LogP contribution in [0.4, 0.5) is 16.2 Å². The minimum atomic E-state index is -1.14. The van der Waals surface area contributed by atoms with Crippen molar-refractivity contribution in [3.63, 3.8) is 0 Å². The summed E-state index contributed by atoms with van der Waals surface area (Å²) in [4.78, 5) is 29.8. The first-order valence-corrected chi connectivity index (χ1v) is 9.90. The topological polar surface area (TPSA) is 86.9 Å². The van der Waals surface area contributed by atoms with Crippen LogP contribution >= 0.6 is 23.2 Å². The lowest BCUT2D eigenvalue weighted by atomic mass is 10.1. The van der Waals surface area contributed by atoms with Crippen LogP contribution in [0.25, 0.3) is 16.9 Å². The van der Waals surface area contributed by atoms with Crippen molar-refractivity contribution in [1.29, 1.82) is 0 Å². The molecule has 0 saturated carbocycles. The first kappa shape index (κ1) is 20.7. The van der Waals surface area contributed by atoms with Crippen molar-refractivity contribution in [2.45, 2.75) is 0 Å². The molecule has 7 nitrogen and oxygen atoms in total. The second kappa shape index (κ2) is 8.29. The van der Waals surface area contributed by atoms with E-state index in [2.05, 4.69) is 10.3 Å². The SMILES string of the molecule is CN(C(=O)c1ccc2ncc(-c3ccc(NC(=O)O)cc3)n2c1Cl)c1ccc(Cl)cc1. The van der Waals surface area contributed by atoms with Crippen LogP contribution in [0.15, 0.2) is 66.9 Å². The lowest BCUT2D eigenvalue weighted by molar-refractivity contribution is 0.0992. The highest BCUT2D eigenvalue weighted by atomic mass is 35.5. The quantitative estimate of drug-likeness (QED) is 0.388. The first-order chi connectivity index (χ1) is 14.8. The number of rotatable bonds is 4. The number of carbonyl (C=O) groups excluding carboxylic acids is 1. The number of carbonyl (C=O) groups is 2. The molecule has 0 aliphatic carbocycles. The highest BCUT2D eigenvalue weighted by Gasteiger charge is 2.20. The zero-order valence-corrected chi connectivity index (χ0v) is 17.7. The predicted octanol–water partition coefficient (Wildman–Crippen LogP) is 5.67. The highest BCUT2D eigenvalue weighted by molar-refractivity contribution is 6.34. The van der Waals surface area contributed by atoms with E-state index < -0.39 is 6.09 Å². The van der Waals surface area contributed by atoms with Gasteiger partial charge < -0.3 is 10.0 Å². The Kier molecular flexibility index (Phi) is 5.54. The highest BCUT2D eigenvalue weighted by Crippen LogP contribution is 2.29.